The highest BCUT2D eigenvalue weighted by Crippen LogP contribution is 2.27. The molecule has 1 rings (SSSR count). The molecule has 2 heteroatoms. The first kappa shape index (κ1) is 16.6. The standard InChI is InChI=1S/C18H22FP/c1-3-5-6-7-8-9-11-17(10-4-2)20-18-14-12-16(19)13-15-18/h3-5,7-8,11-15,20H,2,6,9-10H2,1H3/b5-3-,8-7-,17-11+/i19-1. The molecule has 0 bridgehead atoms. The van der Waals surface area contributed by atoms with Crippen molar-refractivity contribution in [1.29, 1.82) is 0 Å². The van der Waals surface area contributed by atoms with Gasteiger partial charge >= 0.3 is 0 Å². The van der Waals surface area contributed by atoms with Crippen LogP contribution in [0.5, 0.6) is 0 Å². The van der Waals surface area contributed by atoms with Crippen molar-refractivity contribution in [3.63, 3.8) is 0 Å². The van der Waals surface area contributed by atoms with Crippen molar-refractivity contribution >= 4 is 13.9 Å². The molecule has 106 valence electrons. The average Bonchev–Trinajstić information content (AvgIpc) is 2.45. The lowest BCUT2D eigenvalue weighted by Crippen LogP contribution is -1.94. The van der Waals surface area contributed by atoms with Crippen molar-refractivity contribution in [3.05, 3.63) is 78.4 Å². The van der Waals surface area contributed by atoms with Crippen molar-refractivity contribution in [1.82, 2.24) is 0 Å². The van der Waals surface area contributed by atoms with Crippen molar-refractivity contribution in [2.75, 3.05) is 0 Å². The highest BCUT2D eigenvalue weighted by Gasteiger charge is 1.98. The molecule has 0 aromatic heterocycles. The van der Waals surface area contributed by atoms with Gasteiger partial charge in [-0.15, -0.1) is 6.58 Å². The smallest absolute Gasteiger partial charge is 0.123 e. The van der Waals surface area contributed by atoms with Crippen LogP contribution in [0.15, 0.2) is 72.6 Å². The Labute approximate surface area is 123 Å². The monoisotopic (exact) mass is 287 g/mol. The van der Waals surface area contributed by atoms with E-state index in [1.54, 1.807) is 0 Å². The third-order valence-electron chi connectivity index (χ3n) is 2.69. The van der Waals surface area contributed by atoms with Crippen molar-refractivity contribution in [3.8, 4) is 0 Å². The molecule has 0 heterocycles. The third-order valence-corrected chi connectivity index (χ3v) is 4.04. The van der Waals surface area contributed by atoms with Crippen LogP contribution in [0.25, 0.3) is 0 Å². The van der Waals surface area contributed by atoms with E-state index in [0.717, 1.165) is 24.6 Å². The number of halogens is 1. The molecular formula is C18H22FP. The molecule has 0 spiro atoms. The van der Waals surface area contributed by atoms with Gasteiger partial charge in [-0.2, -0.15) is 0 Å². The summed E-state index contributed by atoms with van der Waals surface area (Å²) in [6, 6.07) is 6.74. The first-order valence-corrected chi connectivity index (χ1v) is 7.85. The van der Waals surface area contributed by atoms with E-state index in [9.17, 15) is 4.39 Å². The van der Waals surface area contributed by atoms with Crippen LogP contribution < -0.4 is 5.30 Å². The van der Waals surface area contributed by atoms with E-state index in [4.69, 9.17) is 0 Å². The Morgan fingerprint density at radius 2 is 1.85 bits per heavy atom. The molecule has 0 saturated heterocycles. The number of allylic oxidation sites excluding steroid dienone is 7. The maximum atomic E-state index is 12.9. The predicted octanol–water partition coefficient (Wildman–Crippen LogP) is 5.50. The summed E-state index contributed by atoms with van der Waals surface area (Å²) in [5.74, 6) is -0.181. The minimum Gasteiger partial charge on any atom is -0.207 e. The molecule has 0 aliphatic carbocycles. The first-order valence-electron chi connectivity index (χ1n) is 6.85. The van der Waals surface area contributed by atoms with Crippen LogP contribution >= 0.6 is 8.58 Å². The van der Waals surface area contributed by atoms with Crippen molar-refractivity contribution < 1.29 is 4.39 Å². The molecule has 0 radical (unpaired) electrons. The van der Waals surface area contributed by atoms with E-state index in [1.165, 1.54) is 17.4 Å². The predicted molar refractivity (Wildman–Crippen MR) is 90.4 cm³/mol. The van der Waals surface area contributed by atoms with Crippen LogP contribution in [0.3, 0.4) is 0 Å². The minimum absolute atomic E-state index is 0.181. The topological polar surface area (TPSA) is 0 Å². The summed E-state index contributed by atoms with van der Waals surface area (Å²) in [6.45, 7) is 5.83. The zero-order valence-electron chi connectivity index (χ0n) is 12.0. The number of rotatable bonds is 8. The SMILES string of the molecule is C=CC/C(=C\C/C=C\C/C=C\C)Pc1ccc([18F])cc1. The van der Waals surface area contributed by atoms with Crippen LogP contribution in [0.2, 0.25) is 0 Å². The van der Waals surface area contributed by atoms with Gasteiger partial charge in [0.15, 0.2) is 0 Å². The molecule has 0 aliphatic heterocycles. The molecular weight excluding hydrogens is 265 g/mol. The van der Waals surface area contributed by atoms with Gasteiger partial charge in [0.25, 0.3) is 0 Å². The molecule has 20 heavy (non-hydrogen) atoms. The second-order valence-electron chi connectivity index (χ2n) is 4.37. The van der Waals surface area contributed by atoms with Crippen molar-refractivity contribution in [2.45, 2.75) is 26.2 Å². The largest absolute Gasteiger partial charge is 0.207 e. The van der Waals surface area contributed by atoms with Crippen LogP contribution in [-0.2, 0) is 0 Å². The Morgan fingerprint density at radius 1 is 1.15 bits per heavy atom. The molecule has 0 nitrogen and oxygen atoms in total. The second-order valence-corrected chi connectivity index (χ2v) is 5.84. The van der Waals surface area contributed by atoms with E-state index in [2.05, 4.69) is 37.0 Å². The molecule has 0 N–H and O–H groups in total. The van der Waals surface area contributed by atoms with E-state index >= 15 is 0 Å². The maximum absolute atomic E-state index is 12.9. The lowest BCUT2D eigenvalue weighted by molar-refractivity contribution is 0.628. The van der Waals surface area contributed by atoms with Gasteiger partial charge in [-0.25, -0.2) is 4.39 Å². The van der Waals surface area contributed by atoms with Gasteiger partial charge < -0.3 is 0 Å². The molecule has 0 aliphatic rings. The minimum atomic E-state index is -0.181. The summed E-state index contributed by atoms with van der Waals surface area (Å²) < 4.78 is 12.9. The van der Waals surface area contributed by atoms with Crippen LogP contribution in [0.1, 0.15) is 26.2 Å². The molecule has 1 unspecified atom stereocenters. The summed E-state index contributed by atoms with van der Waals surface area (Å²) in [7, 11) is 0.586. The van der Waals surface area contributed by atoms with Crippen LogP contribution in [0, 0.1) is 5.82 Å². The first-order chi connectivity index (χ1) is 9.76. The Bertz CT molecular complexity index is 481. The van der Waals surface area contributed by atoms with Crippen LogP contribution in [0.4, 0.5) is 4.39 Å². The van der Waals surface area contributed by atoms with Crippen LogP contribution in [-0.4, -0.2) is 0 Å². The fourth-order valence-corrected chi connectivity index (χ4v) is 2.85. The fraction of sp³-hybridized carbons (Fsp3) is 0.222. The summed E-state index contributed by atoms with van der Waals surface area (Å²) in [4.78, 5) is 0. The number of benzene rings is 1. The summed E-state index contributed by atoms with van der Waals surface area (Å²) in [6.07, 6.45) is 15.5. The number of hydrogen-bond acceptors (Lipinski definition) is 0. The van der Waals surface area contributed by atoms with E-state index in [0.29, 0.717) is 8.58 Å². The number of hydrogen-bond donors (Lipinski definition) is 0. The average molecular weight is 287 g/mol. The second kappa shape index (κ2) is 10.3. The third kappa shape index (κ3) is 7.21. The van der Waals surface area contributed by atoms with E-state index in [-0.39, 0.29) is 5.82 Å². The molecule has 1 atom stereocenters. The molecule has 1 aromatic rings. The van der Waals surface area contributed by atoms with E-state index < -0.39 is 0 Å². The highest BCUT2D eigenvalue weighted by molar-refractivity contribution is 7.51. The maximum Gasteiger partial charge on any atom is 0.123 e. The quantitative estimate of drug-likeness (QED) is 0.437. The van der Waals surface area contributed by atoms with Gasteiger partial charge in [0, 0.05) is 0 Å². The Balaban J connectivity index is 2.56. The van der Waals surface area contributed by atoms with Gasteiger partial charge in [-0.3, -0.25) is 0 Å². The summed E-state index contributed by atoms with van der Waals surface area (Å²) >= 11 is 0. The van der Waals surface area contributed by atoms with Crippen molar-refractivity contribution in [2.24, 2.45) is 0 Å². The van der Waals surface area contributed by atoms with Gasteiger partial charge in [0.1, 0.15) is 5.82 Å². The van der Waals surface area contributed by atoms with Gasteiger partial charge in [-0.1, -0.05) is 57.2 Å². The summed E-state index contributed by atoms with van der Waals surface area (Å²) in [5.41, 5.74) is 0. The zero-order chi connectivity index (χ0) is 14.6. The zero-order valence-corrected chi connectivity index (χ0v) is 13.0. The molecule has 0 amide bonds. The highest BCUT2D eigenvalue weighted by atomic mass is 31.1. The normalized spacial score (nSPS) is 13.0. The molecule has 1 aromatic carbocycles. The Hall–Kier alpha value is -1.46. The Kier molecular flexibility index (Phi) is 8.58. The Morgan fingerprint density at radius 3 is 2.50 bits per heavy atom. The van der Waals surface area contributed by atoms with E-state index in [1.807, 2.05) is 25.1 Å². The lowest BCUT2D eigenvalue weighted by atomic mass is 10.2. The van der Waals surface area contributed by atoms with Gasteiger partial charge in [0.05, 0.1) is 0 Å². The molecule has 0 fully saturated rings. The summed E-state index contributed by atoms with van der Waals surface area (Å²) in [5, 5.41) is 2.51. The molecule has 0 saturated carbocycles. The fourth-order valence-electron chi connectivity index (χ4n) is 1.68. The van der Waals surface area contributed by atoms with Gasteiger partial charge in [0.2, 0.25) is 0 Å². The lowest BCUT2D eigenvalue weighted by Gasteiger charge is -2.05. The van der Waals surface area contributed by atoms with Gasteiger partial charge in [-0.05, 0) is 48.9 Å².